The van der Waals surface area contributed by atoms with Gasteiger partial charge < -0.3 is 19.6 Å². The number of esters is 1. The van der Waals surface area contributed by atoms with Crippen molar-refractivity contribution >= 4 is 29.7 Å². The highest BCUT2D eigenvalue weighted by Gasteiger charge is 2.34. The molecule has 1 saturated carbocycles. The zero-order valence-corrected chi connectivity index (χ0v) is 17.3. The molecule has 1 heterocycles. The molecule has 7 nitrogen and oxygen atoms in total. The molecule has 1 aliphatic carbocycles. The molecule has 0 amide bonds. The highest BCUT2D eigenvalue weighted by molar-refractivity contribution is 6.35. The predicted octanol–water partition coefficient (Wildman–Crippen LogP) is 4.18. The summed E-state index contributed by atoms with van der Waals surface area (Å²) in [7, 11) is 2.46. The first-order chi connectivity index (χ1) is 14.7. The fourth-order valence-electron chi connectivity index (χ4n) is 2.99. The van der Waals surface area contributed by atoms with Crippen LogP contribution in [0.5, 0.6) is 0 Å². The molecule has 0 saturated heterocycles. The number of carbonyl (C=O) groups excluding carboxylic acids is 2. The van der Waals surface area contributed by atoms with E-state index in [2.05, 4.69) is 15.3 Å². The van der Waals surface area contributed by atoms with Gasteiger partial charge in [0.2, 0.25) is 0 Å². The van der Waals surface area contributed by atoms with Gasteiger partial charge in [0.15, 0.2) is 11.5 Å². The fourth-order valence-corrected chi connectivity index (χ4v) is 3.21. The minimum Gasteiger partial charge on any atom is -0.464 e. The summed E-state index contributed by atoms with van der Waals surface area (Å²) in [4.78, 5) is 32.4. The van der Waals surface area contributed by atoms with Crippen LogP contribution in [0.3, 0.4) is 0 Å². The molecular formula is C20H19ClF3N3O4. The molecular weight excluding hydrogens is 439 g/mol. The largest absolute Gasteiger partial charge is 0.464 e. The Morgan fingerprint density at radius 1 is 1.29 bits per heavy atom. The summed E-state index contributed by atoms with van der Waals surface area (Å²) in [5, 5.41) is 2.68. The lowest BCUT2D eigenvalue weighted by Crippen LogP contribution is -2.31. The molecule has 3 rings (SSSR count). The Bertz CT molecular complexity index is 983. The summed E-state index contributed by atoms with van der Waals surface area (Å²) >= 11 is 6.28. The number of hydrogen-bond donors (Lipinski definition) is 1. The van der Waals surface area contributed by atoms with E-state index < -0.39 is 29.9 Å². The third-order valence-corrected chi connectivity index (χ3v) is 5.15. The van der Waals surface area contributed by atoms with Gasteiger partial charge >= 0.3 is 12.1 Å². The van der Waals surface area contributed by atoms with E-state index in [1.165, 1.54) is 26.4 Å². The van der Waals surface area contributed by atoms with Crippen LogP contribution in [0.2, 0.25) is 5.02 Å². The number of benzene rings is 1. The molecule has 1 N–H and O–H groups in total. The summed E-state index contributed by atoms with van der Waals surface area (Å²) in [5.74, 6) is -1.43. The van der Waals surface area contributed by atoms with Crippen LogP contribution in [0.4, 0.5) is 19.0 Å². The molecule has 0 bridgehead atoms. The van der Waals surface area contributed by atoms with E-state index >= 15 is 0 Å². The first-order valence-electron chi connectivity index (χ1n) is 9.27. The highest BCUT2D eigenvalue weighted by Crippen LogP contribution is 2.40. The van der Waals surface area contributed by atoms with Gasteiger partial charge in [0.1, 0.15) is 23.4 Å². The number of carbonyl (C=O) groups is 2. The Morgan fingerprint density at radius 2 is 2.00 bits per heavy atom. The molecule has 0 aliphatic heterocycles. The maximum Gasteiger partial charge on any atom is 0.416 e. The monoisotopic (exact) mass is 457 g/mol. The number of methoxy groups -OCH3 is 2. The Kier molecular flexibility index (Phi) is 6.80. The first kappa shape index (κ1) is 23.0. The molecule has 1 unspecified atom stereocenters. The highest BCUT2D eigenvalue weighted by atomic mass is 35.5. The summed E-state index contributed by atoms with van der Waals surface area (Å²) in [5.41, 5.74) is -0.958. The van der Waals surface area contributed by atoms with Gasteiger partial charge in [0.05, 0.1) is 18.6 Å². The van der Waals surface area contributed by atoms with E-state index in [1.807, 2.05) is 0 Å². The van der Waals surface area contributed by atoms with Crippen LogP contribution in [0.1, 0.15) is 52.1 Å². The van der Waals surface area contributed by atoms with Gasteiger partial charge in [0.25, 0.3) is 0 Å². The van der Waals surface area contributed by atoms with Crippen molar-refractivity contribution in [3.8, 4) is 0 Å². The number of nitrogens with one attached hydrogen (secondary N) is 1. The van der Waals surface area contributed by atoms with Crippen molar-refractivity contribution in [3.05, 3.63) is 51.9 Å². The number of aromatic nitrogens is 2. The van der Waals surface area contributed by atoms with Crippen LogP contribution in [0, 0.1) is 0 Å². The Balaban J connectivity index is 1.97. The lowest BCUT2D eigenvalue weighted by Gasteiger charge is -2.25. The molecule has 166 valence electrons. The van der Waals surface area contributed by atoms with Gasteiger partial charge in [-0.3, -0.25) is 0 Å². The number of hydrogen-bond acceptors (Lipinski definition) is 7. The minimum absolute atomic E-state index is 0.0182. The van der Waals surface area contributed by atoms with E-state index in [0.717, 1.165) is 25.0 Å². The normalized spacial score (nSPS) is 15.8. The van der Waals surface area contributed by atoms with Crippen molar-refractivity contribution in [3.63, 3.8) is 0 Å². The van der Waals surface area contributed by atoms with Crippen molar-refractivity contribution in [1.82, 2.24) is 9.97 Å². The number of rotatable bonds is 8. The van der Waals surface area contributed by atoms with E-state index in [-0.39, 0.29) is 28.0 Å². The smallest absolute Gasteiger partial charge is 0.416 e. The molecule has 31 heavy (non-hydrogen) atoms. The van der Waals surface area contributed by atoms with Crippen LogP contribution in [0.15, 0.2) is 24.3 Å². The van der Waals surface area contributed by atoms with Crippen LogP contribution in [0.25, 0.3) is 0 Å². The van der Waals surface area contributed by atoms with Crippen molar-refractivity contribution < 1.29 is 32.2 Å². The number of halogens is 4. The van der Waals surface area contributed by atoms with Gasteiger partial charge in [-0.15, -0.1) is 0 Å². The molecule has 11 heteroatoms. The Morgan fingerprint density at radius 3 is 2.55 bits per heavy atom. The van der Waals surface area contributed by atoms with E-state index in [4.69, 9.17) is 21.1 Å². The number of anilines is 1. The molecule has 2 aromatic rings. The maximum absolute atomic E-state index is 13.1. The lowest BCUT2D eigenvalue weighted by molar-refractivity contribution is -0.137. The standard InChI is InChI=1S/C20H19ClF3N3O4/c1-30-18(13(9-28)11-4-3-5-12(8-11)20(22,23)24)27-17-14(21)15(19(29)31-2)25-16(26-17)10-6-7-10/h3-5,8-10,13,18H,6-7H2,1-2H3,(H,25,26,27)/t13?,18-/m0/s1. The molecule has 1 fully saturated rings. The third-order valence-electron chi connectivity index (χ3n) is 4.79. The molecule has 1 aromatic heterocycles. The number of alkyl halides is 3. The summed E-state index contributed by atoms with van der Waals surface area (Å²) in [6.07, 6.45) is -3.53. The van der Waals surface area contributed by atoms with Gasteiger partial charge in [-0.25, -0.2) is 14.8 Å². The van der Waals surface area contributed by atoms with Gasteiger partial charge in [-0.05, 0) is 24.5 Å². The second-order valence-corrected chi connectivity index (χ2v) is 7.32. The zero-order chi connectivity index (χ0) is 22.8. The average Bonchev–Trinajstić information content (AvgIpc) is 3.59. The van der Waals surface area contributed by atoms with Gasteiger partial charge in [-0.1, -0.05) is 29.8 Å². The zero-order valence-electron chi connectivity index (χ0n) is 16.6. The summed E-state index contributed by atoms with van der Waals surface area (Å²) < 4.78 is 49.3. The third kappa shape index (κ3) is 5.13. The van der Waals surface area contributed by atoms with Crippen molar-refractivity contribution in [2.75, 3.05) is 19.5 Å². The summed E-state index contributed by atoms with van der Waals surface area (Å²) in [6, 6.07) is 4.38. The van der Waals surface area contributed by atoms with E-state index in [1.54, 1.807) is 0 Å². The van der Waals surface area contributed by atoms with Crippen molar-refractivity contribution in [2.45, 2.75) is 37.1 Å². The Labute approximate surface area is 180 Å². The number of ether oxygens (including phenoxy) is 2. The number of aldehydes is 1. The van der Waals surface area contributed by atoms with Gasteiger partial charge in [0, 0.05) is 13.0 Å². The SMILES string of the molecule is COC(=O)c1nc(C2CC2)nc(N[C@@H](OC)C(C=O)c2cccc(C(F)(F)F)c2)c1Cl. The quantitative estimate of drug-likeness (QED) is 0.361. The van der Waals surface area contributed by atoms with Crippen molar-refractivity contribution in [1.29, 1.82) is 0 Å². The number of nitrogens with zero attached hydrogens (tertiary/aromatic N) is 2. The second kappa shape index (κ2) is 9.19. The minimum atomic E-state index is -4.57. The molecule has 1 aliphatic rings. The van der Waals surface area contributed by atoms with Crippen molar-refractivity contribution in [2.24, 2.45) is 0 Å². The van der Waals surface area contributed by atoms with Gasteiger partial charge in [-0.2, -0.15) is 13.2 Å². The first-order valence-corrected chi connectivity index (χ1v) is 9.65. The fraction of sp³-hybridized carbons (Fsp3) is 0.400. The van der Waals surface area contributed by atoms with Crippen LogP contribution >= 0.6 is 11.6 Å². The molecule has 1 aromatic carbocycles. The molecule has 0 radical (unpaired) electrons. The van der Waals surface area contributed by atoms with Crippen LogP contribution in [-0.4, -0.2) is 42.7 Å². The predicted molar refractivity (Wildman–Crippen MR) is 105 cm³/mol. The summed E-state index contributed by atoms with van der Waals surface area (Å²) in [6.45, 7) is 0. The van der Waals surface area contributed by atoms with E-state index in [9.17, 15) is 22.8 Å². The molecule has 0 spiro atoms. The molecule has 2 atom stereocenters. The van der Waals surface area contributed by atoms with E-state index in [0.29, 0.717) is 12.1 Å². The maximum atomic E-state index is 13.1. The second-order valence-electron chi connectivity index (χ2n) is 6.94. The lowest BCUT2D eigenvalue weighted by atomic mass is 9.96. The Hall–Kier alpha value is -2.72. The topological polar surface area (TPSA) is 90.4 Å². The average molecular weight is 458 g/mol. The van der Waals surface area contributed by atoms with Crippen LogP contribution in [-0.2, 0) is 20.4 Å². The van der Waals surface area contributed by atoms with Crippen LogP contribution < -0.4 is 5.32 Å².